The lowest BCUT2D eigenvalue weighted by Crippen LogP contribution is -2.34. The summed E-state index contributed by atoms with van der Waals surface area (Å²) in [5.41, 5.74) is 4.10. The second-order valence-electron chi connectivity index (χ2n) is 8.30. The Morgan fingerprint density at radius 1 is 1.08 bits per heavy atom. The number of carbonyl (C=O) groups excluding carboxylic acids is 1. The van der Waals surface area contributed by atoms with E-state index in [0.717, 1.165) is 36.6 Å². The molecule has 0 bridgehead atoms. The normalized spacial score (nSPS) is 11.2. The van der Waals surface area contributed by atoms with Crippen LogP contribution in [0, 0.1) is 0 Å². The molecule has 0 saturated heterocycles. The van der Waals surface area contributed by atoms with Crippen molar-refractivity contribution < 1.29 is 9.21 Å². The Bertz CT molecular complexity index is 1480. The van der Waals surface area contributed by atoms with Crippen molar-refractivity contribution >= 4 is 28.7 Å². The Labute approximate surface area is 213 Å². The van der Waals surface area contributed by atoms with Crippen LogP contribution >= 0.6 is 0 Å². The van der Waals surface area contributed by atoms with Gasteiger partial charge in [0.15, 0.2) is 23.3 Å². The van der Waals surface area contributed by atoms with Gasteiger partial charge in [0.2, 0.25) is 5.95 Å². The summed E-state index contributed by atoms with van der Waals surface area (Å²) < 4.78 is 7.05. The first kappa shape index (κ1) is 24.1. The van der Waals surface area contributed by atoms with Gasteiger partial charge in [-0.3, -0.25) is 4.79 Å². The minimum atomic E-state index is -0.0982. The SMILES string of the molecule is CCN(CC)CCNC(=O)c1ccc(Nc2ncc3nnn(-c4cccc(-c5cnco5)c4)c3n2)cc1. The molecule has 0 aliphatic heterocycles. The Morgan fingerprint density at radius 3 is 2.68 bits per heavy atom. The Kier molecular flexibility index (Phi) is 7.13. The van der Waals surface area contributed by atoms with Gasteiger partial charge in [-0.2, -0.15) is 9.67 Å². The van der Waals surface area contributed by atoms with Gasteiger partial charge in [0.1, 0.15) is 0 Å². The van der Waals surface area contributed by atoms with Gasteiger partial charge in [0.25, 0.3) is 5.91 Å². The maximum absolute atomic E-state index is 12.5. The number of oxazole rings is 1. The van der Waals surface area contributed by atoms with Crippen molar-refractivity contribution in [3.63, 3.8) is 0 Å². The van der Waals surface area contributed by atoms with Crippen LogP contribution in [0.5, 0.6) is 0 Å². The van der Waals surface area contributed by atoms with E-state index in [9.17, 15) is 4.79 Å². The molecule has 0 spiro atoms. The van der Waals surface area contributed by atoms with Crippen LogP contribution in [-0.2, 0) is 0 Å². The molecule has 2 aromatic carbocycles. The highest BCUT2D eigenvalue weighted by Gasteiger charge is 2.12. The number of carbonyl (C=O) groups is 1. The van der Waals surface area contributed by atoms with Crippen LogP contribution in [0.1, 0.15) is 24.2 Å². The van der Waals surface area contributed by atoms with Gasteiger partial charge in [-0.1, -0.05) is 31.2 Å². The molecule has 188 valence electrons. The fourth-order valence-corrected chi connectivity index (χ4v) is 3.92. The molecule has 37 heavy (non-hydrogen) atoms. The zero-order valence-corrected chi connectivity index (χ0v) is 20.6. The van der Waals surface area contributed by atoms with Crippen LogP contribution in [-0.4, -0.2) is 66.9 Å². The van der Waals surface area contributed by atoms with Gasteiger partial charge < -0.3 is 20.0 Å². The van der Waals surface area contributed by atoms with Crippen LogP contribution in [0.15, 0.2) is 71.7 Å². The summed E-state index contributed by atoms with van der Waals surface area (Å²) in [4.78, 5) is 27.7. The van der Waals surface area contributed by atoms with Gasteiger partial charge in [0.05, 0.1) is 18.1 Å². The fraction of sp³-hybridized carbons (Fsp3) is 0.231. The lowest BCUT2D eigenvalue weighted by atomic mass is 10.1. The van der Waals surface area contributed by atoms with Crippen molar-refractivity contribution in [3.8, 4) is 17.0 Å². The number of rotatable bonds is 10. The predicted octanol–water partition coefficient (Wildman–Crippen LogP) is 3.68. The summed E-state index contributed by atoms with van der Waals surface area (Å²) in [6, 6.07) is 14.9. The maximum atomic E-state index is 12.5. The number of benzene rings is 2. The molecule has 0 saturated carbocycles. The third-order valence-corrected chi connectivity index (χ3v) is 6.01. The fourth-order valence-electron chi connectivity index (χ4n) is 3.92. The zero-order valence-electron chi connectivity index (χ0n) is 20.6. The van der Waals surface area contributed by atoms with E-state index >= 15 is 0 Å². The van der Waals surface area contributed by atoms with Gasteiger partial charge in [0, 0.05) is 29.9 Å². The Morgan fingerprint density at radius 2 is 1.92 bits per heavy atom. The molecule has 5 aromatic rings. The van der Waals surface area contributed by atoms with Crippen molar-refractivity contribution in [2.45, 2.75) is 13.8 Å². The van der Waals surface area contributed by atoms with E-state index in [1.807, 2.05) is 36.4 Å². The highest BCUT2D eigenvalue weighted by molar-refractivity contribution is 5.94. The molecule has 5 rings (SSSR count). The first-order chi connectivity index (χ1) is 18.1. The number of hydrogen-bond acceptors (Lipinski definition) is 9. The molecule has 3 heterocycles. The lowest BCUT2D eigenvalue weighted by Gasteiger charge is -2.17. The Balaban J connectivity index is 1.29. The van der Waals surface area contributed by atoms with Crippen molar-refractivity contribution in [1.82, 2.24) is 40.2 Å². The van der Waals surface area contributed by atoms with Crippen molar-refractivity contribution in [3.05, 3.63) is 72.9 Å². The summed E-state index contributed by atoms with van der Waals surface area (Å²) in [6.07, 6.45) is 4.67. The molecular formula is C26H27N9O2. The summed E-state index contributed by atoms with van der Waals surface area (Å²) in [7, 11) is 0. The van der Waals surface area contributed by atoms with E-state index in [-0.39, 0.29) is 5.91 Å². The van der Waals surface area contributed by atoms with Crippen molar-refractivity contribution in [2.24, 2.45) is 0 Å². The molecule has 3 aromatic heterocycles. The maximum Gasteiger partial charge on any atom is 0.251 e. The van der Waals surface area contributed by atoms with Gasteiger partial charge in [-0.05, 0) is 49.5 Å². The average molecular weight is 498 g/mol. The van der Waals surface area contributed by atoms with E-state index in [1.165, 1.54) is 6.39 Å². The molecule has 0 radical (unpaired) electrons. The summed E-state index contributed by atoms with van der Waals surface area (Å²) in [5.74, 6) is 0.946. The average Bonchev–Trinajstić information content (AvgIpc) is 3.62. The topological polar surface area (TPSA) is 127 Å². The number of fused-ring (bicyclic) bond motifs is 1. The third kappa shape index (κ3) is 5.46. The standard InChI is InChI=1S/C26H27N9O2/c1-3-34(4-2)13-12-28-25(36)18-8-10-20(11-9-18)30-26-29-15-22-24(31-26)35(33-32-22)21-7-5-6-19(14-21)23-16-27-17-37-23/h5-11,14-17H,3-4,12-13H2,1-2H3,(H,28,36)(H,29,30,31). The van der Waals surface area contributed by atoms with Gasteiger partial charge in [-0.25, -0.2) is 9.97 Å². The molecule has 0 atom stereocenters. The number of anilines is 2. The molecule has 0 aliphatic carbocycles. The quantitative estimate of drug-likeness (QED) is 0.297. The molecule has 1 amide bonds. The smallest absolute Gasteiger partial charge is 0.251 e. The minimum Gasteiger partial charge on any atom is -0.444 e. The number of amides is 1. The second kappa shape index (κ2) is 11.0. The zero-order chi connectivity index (χ0) is 25.6. The van der Waals surface area contributed by atoms with Crippen molar-refractivity contribution in [1.29, 1.82) is 0 Å². The highest BCUT2D eigenvalue weighted by atomic mass is 16.3. The number of nitrogens with zero attached hydrogens (tertiary/aromatic N) is 7. The van der Waals surface area contributed by atoms with E-state index in [1.54, 1.807) is 29.2 Å². The van der Waals surface area contributed by atoms with E-state index in [0.29, 0.717) is 35.0 Å². The summed E-state index contributed by atoms with van der Waals surface area (Å²) >= 11 is 0. The number of nitrogens with one attached hydrogen (secondary N) is 2. The second-order valence-corrected chi connectivity index (χ2v) is 8.30. The molecule has 0 aliphatic rings. The highest BCUT2D eigenvalue weighted by Crippen LogP contribution is 2.23. The molecule has 0 fully saturated rings. The largest absolute Gasteiger partial charge is 0.444 e. The van der Waals surface area contributed by atoms with E-state index in [4.69, 9.17) is 4.42 Å². The molecular weight excluding hydrogens is 470 g/mol. The lowest BCUT2D eigenvalue weighted by molar-refractivity contribution is 0.0949. The predicted molar refractivity (Wildman–Crippen MR) is 140 cm³/mol. The van der Waals surface area contributed by atoms with Crippen LogP contribution in [0.25, 0.3) is 28.2 Å². The van der Waals surface area contributed by atoms with E-state index < -0.39 is 0 Å². The van der Waals surface area contributed by atoms with Crippen LogP contribution < -0.4 is 10.6 Å². The van der Waals surface area contributed by atoms with Crippen LogP contribution in [0.2, 0.25) is 0 Å². The molecule has 11 nitrogen and oxygen atoms in total. The number of aromatic nitrogens is 6. The monoisotopic (exact) mass is 497 g/mol. The molecule has 0 unspecified atom stereocenters. The number of likely N-dealkylation sites (N-methyl/N-ethyl adjacent to an activating group) is 1. The summed E-state index contributed by atoms with van der Waals surface area (Å²) in [6.45, 7) is 7.59. The molecule has 11 heteroatoms. The summed E-state index contributed by atoms with van der Waals surface area (Å²) in [5, 5.41) is 14.6. The van der Waals surface area contributed by atoms with Gasteiger partial charge in [-0.15, -0.1) is 5.10 Å². The van der Waals surface area contributed by atoms with Crippen LogP contribution in [0.4, 0.5) is 11.6 Å². The van der Waals surface area contributed by atoms with Gasteiger partial charge >= 0.3 is 0 Å². The molecule has 2 N–H and O–H groups in total. The van der Waals surface area contributed by atoms with E-state index in [2.05, 4.69) is 54.6 Å². The first-order valence-electron chi connectivity index (χ1n) is 12.1. The van der Waals surface area contributed by atoms with Crippen molar-refractivity contribution in [2.75, 3.05) is 31.5 Å². The van der Waals surface area contributed by atoms with Crippen LogP contribution in [0.3, 0.4) is 0 Å². The number of hydrogen-bond donors (Lipinski definition) is 2. The first-order valence-corrected chi connectivity index (χ1v) is 12.1. The minimum absolute atomic E-state index is 0.0982. The third-order valence-electron chi connectivity index (χ3n) is 6.01. The Hall–Kier alpha value is -4.64.